The van der Waals surface area contributed by atoms with Crippen LogP contribution >= 0.6 is 0 Å². The molecule has 0 bridgehead atoms. The van der Waals surface area contributed by atoms with Crippen molar-refractivity contribution in [1.82, 2.24) is 5.32 Å². The van der Waals surface area contributed by atoms with E-state index in [2.05, 4.69) is 15.5 Å². The number of methoxy groups -OCH3 is 1. The molecule has 0 unspecified atom stereocenters. The van der Waals surface area contributed by atoms with Crippen LogP contribution in [0, 0.1) is 5.41 Å². The molecule has 31 heavy (non-hydrogen) atoms. The third-order valence-corrected chi connectivity index (χ3v) is 6.53. The third kappa shape index (κ3) is 4.63. The molecule has 3 heterocycles. The van der Waals surface area contributed by atoms with Gasteiger partial charge in [0.15, 0.2) is 5.57 Å². The first kappa shape index (κ1) is 21.5. The summed E-state index contributed by atoms with van der Waals surface area (Å²) in [6, 6.07) is 5.91. The average molecular weight is 430 g/mol. The van der Waals surface area contributed by atoms with E-state index in [1.165, 1.54) is 45.7 Å². The molecule has 8 nitrogen and oxygen atoms in total. The maximum Gasteiger partial charge on any atom is 0.350 e. The summed E-state index contributed by atoms with van der Waals surface area (Å²) >= 11 is 0. The summed E-state index contributed by atoms with van der Waals surface area (Å²) in [6.45, 7) is 7.36. The number of cyclic esters (lactones) is 2. The van der Waals surface area contributed by atoms with Gasteiger partial charge in [0.2, 0.25) is 0 Å². The molecule has 1 aromatic carbocycles. The minimum atomic E-state index is -1.26. The number of hydrogen-bond donors (Lipinski definition) is 2. The van der Waals surface area contributed by atoms with Gasteiger partial charge < -0.3 is 29.7 Å². The average Bonchev–Trinajstić information content (AvgIpc) is 2.73. The highest BCUT2D eigenvalue weighted by molar-refractivity contribution is 6.15. The summed E-state index contributed by atoms with van der Waals surface area (Å²) < 4.78 is 15.8. The zero-order chi connectivity index (χ0) is 22.1. The SMILES string of the molecule is COc1cc(N2CCC3(CCNCC3)CC2)ccc1NC=C1C(=O)OC(C)(C)OC1=O. The molecular formula is C23H31N3O5. The molecule has 0 aliphatic carbocycles. The van der Waals surface area contributed by atoms with E-state index in [0.717, 1.165) is 31.9 Å². The fourth-order valence-electron chi connectivity index (χ4n) is 4.62. The Bertz CT molecular complexity index is 857. The highest BCUT2D eigenvalue weighted by Crippen LogP contribution is 2.41. The predicted octanol–water partition coefficient (Wildman–Crippen LogP) is 2.80. The summed E-state index contributed by atoms with van der Waals surface area (Å²) in [4.78, 5) is 26.6. The van der Waals surface area contributed by atoms with Crippen LogP contribution in [0.2, 0.25) is 0 Å². The number of nitrogens with zero attached hydrogens (tertiary/aromatic N) is 1. The minimum absolute atomic E-state index is 0.186. The van der Waals surface area contributed by atoms with Gasteiger partial charge in [-0.3, -0.25) is 0 Å². The van der Waals surface area contributed by atoms with Crippen LogP contribution in [0.4, 0.5) is 11.4 Å². The standard InChI is InChI=1S/C23H31N3O5/c1-22(2)30-20(27)17(21(28)31-22)15-25-18-5-4-16(14-19(18)29-3)26-12-8-23(9-13-26)6-10-24-11-7-23/h4-5,14-15,24-25H,6-13H2,1-3H3. The smallest absolute Gasteiger partial charge is 0.350 e. The van der Waals surface area contributed by atoms with Gasteiger partial charge in [0.1, 0.15) is 5.75 Å². The van der Waals surface area contributed by atoms with Crippen LogP contribution < -0.4 is 20.3 Å². The van der Waals surface area contributed by atoms with E-state index >= 15 is 0 Å². The van der Waals surface area contributed by atoms with Crippen molar-refractivity contribution in [3.63, 3.8) is 0 Å². The predicted molar refractivity (Wildman–Crippen MR) is 117 cm³/mol. The Kier molecular flexibility index (Phi) is 5.83. The van der Waals surface area contributed by atoms with E-state index in [4.69, 9.17) is 14.2 Å². The highest BCUT2D eigenvalue weighted by atomic mass is 16.7. The first-order valence-electron chi connectivity index (χ1n) is 10.9. The number of anilines is 2. The van der Waals surface area contributed by atoms with Crippen molar-refractivity contribution in [2.24, 2.45) is 5.41 Å². The van der Waals surface area contributed by atoms with Crippen molar-refractivity contribution in [3.8, 4) is 5.75 Å². The Morgan fingerprint density at radius 1 is 1.06 bits per heavy atom. The maximum atomic E-state index is 12.1. The number of esters is 2. The van der Waals surface area contributed by atoms with Crippen LogP contribution in [-0.2, 0) is 19.1 Å². The summed E-state index contributed by atoms with van der Waals surface area (Å²) in [5.74, 6) is -2.06. The van der Waals surface area contributed by atoms with Gasteiger partial charge in [0, 0.05) is 44.9 Å². The molecule has 2 N–H and O–H groups in total. The van der Waals surface area contributed by atoms with E-state index in [1.54, 1.807) is 7.11 Å². The van der Waals surface area contributed by atoms with Crippen LogP contribution in [0.3, 0.4) is 0 Å². The fourth-order valence-corrected chi connectivity index (χ4v) is 4.62. The van der Waals surface area contributed by atoms with Gasteiger partial charge >= 0.3 is 11.9 Å². The third-order valence-electron chi connectivity index (χ3n) is 6.53. The first-order valence-corrected chi connectivity index (χ1v) is 10.9. The van der Waals surface area contributed by atoms with Gasteiger partial charge in [-0.25, -0.2) is 9.59 Å². The van der Waals surface area contributed by atoms with Crippen LogP contribution in [0.25, 0.3) is 0 Å². The molecule has 0 amide bonds. The molecule has 3 saturated heterocycles. The molecule has 8 heteroatoms. The lowest BCUT2D eigenvalue weighted by molar-refractivity contribution is -0.222. The molecule has 1 spiro atoms. The molecule has 168 valence electrons. The van der Waals surface area contributed by atoms with Crippen LogP contribution in [-0.4, -0.2) is 51.0 Å². The maximum absolute atomic E-state index is 12.1. The van der Waals surface area contributed by atoms with Gasteiger partial charge in [-0.2, -0.15) is 0 Å². The van der Waals surface area contributed by atoms with Crippen molar-refractivity contribution in [3.05, 3.63) is 30.0 Å². The van der Waals surface area contributed by atoms with Crippen LogP contribution in [0.1, 0.15) is 39.5 Å². The second kappa shape index (κ2) is 8.42. The monoisotopic (exact) mass is 429 g/mol. The molecule has 4 rings (SSSR count). The molecule has 0 atom stereocenters. The molecule has 3 aliphatic heterocycles. The zero-order valence-electron chi connectivity index (χ0n) is 18.5. The topological polar surface area (TPSA) is 89.1 Å². The summed E-state index contributed by atoms with van der Waals surface area (Å²) in [5, 5.41) is 6.45. The normalized spacial score (nSPS) is 22.5. The molecule has 3 aliphatic rings. The lowest BCUT2D eigenvalue weighted by Gasteiger charge is -2.45. The number of rotatable bonds is 4. The first-order chi connectivity index (χ1) is 14.8. The minimum Gasteiger partial charge on any atom is -0.494 e. The van der Waals surface area contributed by atoms with Gasteiger partial charge in [0.05, 0.1) is 12.8 Å². The summed E-state index contributed by atoms with van der Waals surface area (Å²) in [7, 11) is 1.60. The van der Waals surface area contributed by atoms with Crippen LogP contribution in [0.5, 0.6) is 5.75 Å². The number of carbonyl (C=O) groups is 2. The van der Waals surface area contributed by atoms with Crippen molar-refractivity contribution in [2.45, 2.75) is 45.3 Å². The molecule has 0 aromatic heterocycles. The molecule has 0 radical (unpaired) electrons. The van der Waals surface area contributed by atoms with Crippen molar-refractivity contribution in [2.75, 3.05) is 43.5 Å². The number of carbonyl (C=O) groups excluding carboxylic acids is 2. The van der Waals surface area contributed by atoms with Gasteiger partial charge in [-0.05, 0) is 56.3 Å². The lowest BCUT2D eigenvalue weighted by atomic mass is 9.71. The molecule has 1 aromatic rings. The number of nitrogens with one attached hydrogen (secondary N) is 2. The number of hydrogen-bond acceptors (Lipinski definition) is 8. The van der Waals surface area contributed by atoms with Gasteiger partial charge in [0.25, 0.3) is 5.79 Å². The highest BCUT2D eigenvalue weighted by Gasteiger charge is 2.39. The largest absolute Gasteiger partial charge is 0.494 e. The fraction of sp³-hybridized carbons (Fsp3) is 0.565. The van der Waals surface area contributed by atoms with E-state index in [0.29, 0.717) is 16.9 Å². The Hall–Kier alpha value is -2.74. The van der Waals surface area contributed by atoms with E-state index in [9.17, 15) is 9.59 Å². The number of ether oxygens (including phenoxy) is 3. The van der Waals surface area contributed by atoms with Crippen molar-refractivity contribution in [1.29, 1.82) is 0 Å². The Morgan fingerprint density at radius 2 is 1.71 bits per heavy atom. The Labute approximate surface area is 182 Å². The second-order valence-corrected chi connectivity index (χ2v) is 9.00. The van der Waals surface area contributed by atoms with Crippen LogP contribution in [0.15, 0.2) is 30.0 Å². The molecular weight excluding hydrogens is 398 g/mol. The lowest BCUT2D eigenvalue weighted by Crippen LogP contribution is -2.45. The van der Waals surface area contributed by atoms with Crippen molar-refractivity contribution < 1.29 is 23.8 Å². The second-order valence-electron chi connectivity index (χ2n) is 9.00. The van der Waals surface area contributed by atoms with Gasteiger partial charge in [-0.15, -0.1) is 0 Å². The van der Waals surface area contributed by atoms with Crippen molar-refractivity contribution >= 4 is 23.3 Å². The van der Waals surface area contributed by atoms with E-state index in [1.807, 2.05) is 18.2 Å². The molecule has 0 saturated carbocycles. The number of piperidine rings is 2. The number of benzene rings is 1. The summed E-state index contributed by atoms with van der Waals surface area (Å²) in [6.07, 6.45) is 6.26. The van der Waals surface area contributed by atoms with E-state index < -0.39 is 17.7 Å². The Morgan fingerprint density at radius 3 is 2.32 bits per heavy atom. The molecule has 3 fully saturated rings. The summed E-state index contributed by atoms with van der Waals surface area (Å²) in [5.41, 5.74) is 2.07. The quantitative estimate of drug-likeness (QED) is 0.429. The van der Waals surface area contributed by atoms with E-state index in [-0.39, 0.29) is 5.57 Å². The van der Waals surface area contributed by atoms with Gasteiger partial charge in [-0.1, -0.05) is 0 Å². The zero-order valence-corrected chi connectivity index (χ0v) is 18.5. The Balaban J connectivity index is 1.44.